The van der Waals surface area contributed by atoms with Gasteiger partial charge in [-0.25, -0.2) is 8.42 Å². The molecule has 0 bridgehead atoms. The average molecular weight is 413 g/mol. The molecule has 0 amide bonds. The zero-order valence-corrected chi connectivity index (χ0v) is 17.0. The minimum atomic E-state index is -3.75. The van der Waals surface area contributed by atoms with Crippen LogP contribution in [-0.2, 0) is 10.0 Å². The lowest BCUT2D eigenvalue weighted by Crippen LogP contribution is -2.34. The first-order chi connectivity index (χ1) is 14.6. The van der Waals surface area contributed by atoms with Gasteiger partial charge in [0.25, 0.3) is 10.0 Å². The Bertz CT molecular complexity index is 1370. The van der Waals surface area contributed by atoms with Crippen LogP contribution in [0.25, 0.3) is 23.1 Å². The zero-order chi connectivity index (χ0) is 20.6. The van der Waals surface area contributed by atoms with E-state index in [-0.39, 0.29) is 0 Å². The van der Waals surface area contributed by atoms with E-state index in [9.17, 15) is 8.42 Å². The van der Waals surface area contributed by atoms with Gasteiger partial charge in [-0.3, -0.25) is 4.31 Å². The Kier molecular flexibility index (Phi) is 4.52. The molecule has 1 N–H and O–H groups in total. The maximum Gasteiger partial charge on any atom is 0.258 e. The number of H-pyrrole nitrogens is 1. The van der Waals surface area contributed by atoms with E-state index in [2.05, 4.69) is 4.98 Å². The minimum Gasteiger partial charge on any atom is -0.361 e. The summed E-state index contributed by atoms with van der Waals surface area (Å²) < 4.78 is 28.6. The third-order valence-electron chi connectivity index (χ3n) is 5.33. The quantitative estimate of drug-likeness (QED) is 0.464. The fourth-order valence-corrected chi connectivity index (χ4v) is 5.31. The monoisotopic (exact) mass is 412 g/mol. The van der Waals surface area contributed by atoms with E-state index in [1.54, 1.807) is 6.08 Å². The van der Waals surface area contributed by atoms with Gasteiger partial charge in [0.15, 0.2) is 0 Å². The Hall–Kier alpha value is -3.57. The summed E-state index contributed by atoms with van der Waals surface area (Å²) in [5.74, 6) is 0. The highest BCUT2D eigenvalue weighted by Gasteiger charge is 2.33. The summed E-state index contributed by atoms with van der Waals surface area (Å²) in [6, 6.07) is 24.5. The third kappa shape index (κ3) is 3.23. The molecule has 0 saturated carbocycles. The highest BCUT2D eigenvalue weighted by molar-refractivity contribution is 7.95. The Labute approximate surface area is 175 Å². The second kappa shape index (κ2) is 7.35. The molecule has 0 spiro atoms. The van der Waals surface area contributed by atoms with Crippen LogP contribution in [0, 0.1) is 0 Å². The third-order valence-corrected chi connectivity index (χ3v) is 6.78. The van der Waals surface area contributed by atoms with Gasteiger partial charge in [-0.05, 0) is 29.3 Å². The Balaban J connectivity index is 1.65. The van der Waals surface area contributed by atoms with E-state index in [0.717, 1.165) is 27.6 Å². The summed E-state index contributed by atoms with van der Waals surface area (Å²) >= 11 is 0. The van der Waals surface area contributed by atoms with Crippen molar-refractivity contribution in [3.05, 3.63) is 113 Å². The molecule has 2 heterocycles. The summed E-state index contributed by atoms with van der Waals surface area (Å²) in [6.45, 7) is 0. The van der Waals surface area contributed by atoms with Gasteiger partial charge in [0.05, 0.1) is 17.1 Å². The molecule has 0 radical (unpaired) electrons. The number of aromatic amines is 1. The molecule has 5 rings (SSSR count). The molecule has 4 nitrogen and oxygen atoms in total. The predicted molar refractivity (Wildman–Crippen MR) is 123 cm³/mol. The minimum absolute atomic E-state index is 0.443. The van der Waals surface area contributed by atoms with Gasteiger partial charge in [-0.1, -0.05) is 78.9 Å². The van der Waals surface area contributed by atoms with Gasteiger partial charge >= 0.3 is 0 Å². The lowest BCUT2D eigenvalue weighted by molar-refractivity contribution is 0.595. The van der Waals surface area contributed by atoms with E-state index in [1.807, 2.05) is 97.2 Å². The first-order valence-corrected chi connectivity index (χ1v) is 11.2. The van der Waals surface area contributed by atoms with Gasteiger partial charge in [0.1, 0.15) is 0 Å². The number of aromatic nitrogens is 1. The van der Waals surface area contributed by atoms with E-state index in [0.29, 0.717) is 5.69 Å². The van der Waals surface area contributed by atoms with Crippen LogP contribution in [0.5, 0.6) is 0 Å². The van der Waals surface area contributed by atoms with Crippen molar-refractivity contribution in [3.63, 3.8) is 0 Å². The molecule has 0 aliphatic carbocycles. The molecular formula is C25H20N2O2S. The number of sulfonamides is 1. The fourth-order valence-electron chi connectivity index (χ4n) is 3.91. The Morgan fingerprint density at radius 3 is 2.47 bits per heavy atom. The average Bonchev–Trinajstić information content (AvgIpc) is 3.22. The largest absolute Gasteiger partial charge is 0.361 e. The van der Waals surface area contributed by atoms with Crippen LogP contribution in [0.4, 0.5) is 5.69 Å². The molecule has 0 unspecified atom stereocenters. The van der Waals surface area contributed by atoms with Crippen molar-refractivity contribution >= 4 is 38.8 Å². The normalized spacial score (nSPS) is 16.3. The Morgan fingerprint density at radius 1 is 0.867 bits per heavy atom. The van der Waals surface area contributed by atoms with Crippen molar-refractivity contribution in [2.24, 2.45) is 0 Å². The van der Waals surface area contributed by atoms with E-state index < -0.39 is 16.1 Å². The van der Waals surface area contributed by atoms with Crippen LogP contribution in [0.1, 0.15) is 22.7 Å². The van der Waals surface area contributed by atoms with Crippen molar-refractivity contribution in [2.45, 2.75) is 6.04 Å². The number of hydrogen-bond donors (Lipinski definition) is 1. The van der Waals surface area contributed by atoms with E-state index >= 15 is 0 Å². The second-order valence-corrected chi connectivity index (χ2v) is 8.90. The first-order valence-electron chi connectivity index (χ1n) is 9.74. The number of fused-ring (bicyclic) bond motifs is 2. The fraction of sp³-hybridized carbons (Fsp3) is 0.0400. The van der Waals surface area contributed by atoms with Crippen LogP contribution in [0.3, 0.4) is 0 Å². The topological polar surface area (TPSA) is 53.2 Å². The van der Waals surface area contributed by atoms with Crippen molar-refractivity contribution < 1.29 is 8.42 Å². The molecule has 5 heteroatoms. The highest BCUT2D eigenvalue weighted by atomic mass is 32.2. The SMILES string of the molecule is O=S(=O)(/C=C/c1ccccc1)N1c2ccccc2C=C[C@H]1c1c[nH]c2ccccc12. The molecule has 1 aromatic heterocycles. The van der Waals surface area contributed by atoms with Gasteiger partial charge < -0.3 is 4.98 Å². The molecule has 30 heavy (non-hydrogen) atoms. The first kappa shape index (κ1) is 18.5. The summed E-state index contributed by atoms with van der Waals surface area (Å²) in [5.41, 5.74) is 4.30. The van der Waals surface area contributed by atoms with Gasteiger partial charge in [0.2, 0.25) is 0 Å². The number of nitrogens with zero attached hydrogens (tertiary/aromatic N) is 1. The van der Waals surface area contributed by atoms with Gasteiger partial charge in [-0.15, -0.1) is 0 Å². The van der Waals surface area contributed by atoms with Gasteiger partial charge in [-0.2, -0.15) is 0 Å². The zero-order valence-electron chi connectivity index (χ0n) is 16.1. The molecule has 1 aliphatic heterocycles. The van der Waals surface area contributed by atoms with Crippen molar-refractivity contribution in [3.8, 4) is 0 Å². The van der Waals surface area contributed by atoms with Crippen molar-refractivity contribution in [1.29, 1.82) is 0 Å². The van der Waals surface area contributed by atoms with Crippen LogP contribution < -0.4 is 4.31 Å². The van der Waals surface area contributed by atoms with Crippen molar-refractivity contribution in [1.82, 2.24) is 4.98 Å². The number of rotatable bonds is 4. The predicted octanol–water partition coefficient (Wildman–Crippen LogP) is 5.74. The molecule has 3 aromatic carbocycles. The second-order valence-electron chi connectivity index (χ2n) is 7.21. The Morgan fingerprint density at radius 2 is 1.60 bits per heavy atom. The molecule has 0 saturated heterocycles. The van der Waals surface area contributed by atoms with E-state index in [4.69, 9.17) is 0 Å². The lowest BCUT2D eigenvalue weighted by Gasteiger charge is -2.33. The van der Waals surface area contributed by atoms with E-state index in [1.165, 1.54) is 9.71 Å². The maximum absolute atomic E-state index is 13.6. The standard InChI is InChI=1S/C25H20N2O2S/c28-30(29,17-16-19-8-2-1-3-9-19)27-24-13-7-4-10-20(24)14-15-25(27)22-18-26-23-12-6-5-11-21(22)23/h1-18,25-26H/b17-16+/t25-/m0/s1. The molecule has 148 valence electrons. The maximum atomic E-state index is 13.6. The summed E-state index contributed by atoms with van der Waals surface area (Å²) in [4.78, 5) is 3.27. The number of anilines is 1. The van der Waals surface area contributed by atoms with Crippen LogP contribution in [0.15, 0.2) is 96.5 Å². The van der Waals surface area contributed by atoms with Gasteiger partial charge in [0, 0.05) is 22.7 Å². The molecule has 1 atom stereocenters. The van der Waals surface area contributed by atoms with Crippen molar-refractivity contribution in [2.75, 3.05) is 4.31 Å². The summed E-state index contributed by atoms with van der Waals surface area (Å²) in [5, 5.41) is 2.30. The number of nitrogens with one attached hydrogen (secondary N) is 1. The van der Waals surface area contributed by atoms with Crippen LogP contribution in [0.2, 0.25) is 0 Å². The molecule has 1 aliphatic rings. The summed E-state index contributed by atoms with van der Waals surface area (Å²) in [6.07, 6.45) is 7.49. The van der Waals surface area contributed by atoms with Crippen LogP contribution in [-0.4, -0.2) is 13.4 Å². The molecule has 0 fully saturated rings. The smallest absolute Gasteiger partial charge is 0.258 e. The number of benzene rings is 3. The highest BCUT2D eigenvalue weighted by Crippen LogP contribution is 2.41. The summed E-state index contributed by atoms with van der Waals surface area (Å²) in [7, 11) is -3.75. The lowest BCUT2D eigenvalue weighted by atomic mass is 9.99. The molecule has 4 aromatic rings. The molecular weight excluding hydrogens is 392 g/mol. The number of hydrogen-bond acceptors (Lipinski definition) is 2. The number of para-hydroxylation sites is 2. The van der Waals surface area contributed by atoms with Crippen LogP contribution >= 0.6 is 0 Å².